The molecule has 2 aliphatic rings. The predicted molar refractivity (Wildman–Crippen MR) is 101 cm³/mol. The number of carbonyl (C=O) groups is 1. The summed E-state index contributed by atoms with van der Waals surface area (Å²) in [6.07, 6.45) is 2.78. The highest BCUT2D eigenvalue weighted by Crippen LogP contribution is 2.15. The number of carbonyl (C=O) groups excluding carboxylic acids is 1. The minimum Gasteiger partial charge on any atom is -0.497 e. The van der Waals surface area contributed by atoms with E-state index in [4.69, 9.17) is 9.47 Å². The van der Waals surface area contributed by atoms with Crippen LogP contribution in [0.5, 0.6) is 5.75 Å². The van der Waals surface area contributed by atoms with Gasteiger partial charge in [0.15, 0.2) is 0 Å². The average molecular weight is 361 g/mol. The van der Waals surface area contributed by atoms with Gasteiger partial charge in [0.25, 0.3) is 0 Å². The van der Waals surface area contributed by atoms with Crippen LogP contribution >= 0.6 is 0 Å². The third kappa shape index (κ3) is 5.19. The Morgan fingerprint density at radius 2 is 2.15 bits per heavy atom. The van der Waals surface area contributed by atoms with E-state index in [1.54, 1.807) is 7.11 Å². The van der Waals surface area contributed by atoms with E-state index >= 15 is 0 Å². The zero-order valence-electron chi connectivity index (χ0n) is 15.9. The van der Waals surface area contributed by atoms with E-state index in [9.17, 15) is 4.79 Å². The van der Waals surface area contributed by atoms with E-state index in [1.165, 1.54) is 12.8 Å². The molecule has 1 aromatic rings. The van der Waals surface area contributed by atoms with Crippen LogP contribution in [0.2, 0.25) is 0 Å². The molecule has 6 heteroatoms. The Morgan fingerprint density at radius 1 is 1.35 bits per heavy atom. The van der Waals surface area contributed by atoms with Crippen molar-refractivity contribution in [3.63, 3.8) is 0 Å². The lowest BCUT2D eigenvalue weighted by Crippen LogP contribution is -2.54. The number of piperazine rings is 1. The summed E-state index contributed by atoms with van der Waals surface area (Å²) in [5, 5.41) is 3.05. The molecule has 2 heterocycles. The van der Waals surface area contributed by atoms with Crippen LogP contribution in [-0.2, 0) is 16.1 Å². The summed E-state index contributed by atoms with van der Waals surface area (Å²) in [7, 11) is 1.65. The van der Waals surface area contributed by atoms with Gasteiger partial charge in [0.1, 0.15) is 5.75 Å². The molecule has 0 radical (unpaired) electrons. The summed E-state index contributed by atoms with van der Waals surface area (Å²) < 4.78 is 11.0. The van der Waals surface area contributed by atoms with Crippen LogP contribution in [0.3, 0.4) is 0 Å². The fourth-order valence-corrected chi connectivity index (χ4v) is 3.69. The second kappa shape index (κ2) is 9.35. The number of ether oxygens (including phenoxy) is 2. The molecule has 0 aliphatic carbocycles. The van der Waals surface area contributed by atoms with Crippen molar-refractivity contribution in [1.82, 2.24) is 15.1 Å². The zero-order valence-corrected chi connectivity index (χ0v) is 15.9. The third-order valence-corrected chi connectivity index (χ3v) is 5.42. The highest BCUT2D eigenvalue weighted by molar-refractivity contribution is 5.81. The Morgan fingerprint density at radius 3 is 2.85 bits per heavy atom. The molecule has 1 amide bonds. The Hall–Kier alpha value is -1.63. The smallest absolute Gasteiger partial charge is 0.237 e. The van der Waals surface area contributed by atoms with E-state index in [0.29, 0.717) is 12.6 Å². The molecule has 0 spiro atoms. The third-order valence-electron chi connectivity index (χ3n) is 5.42. The van der Waals surface area contributed by atoms with Crippen molar-refractivity contribution in [1.29, 1.82) is 0 Å². The fraction of sp³-hybridized carbons (Fsp3) is 0.650. The second-order valence-corrected chi connectivity index (χ2v) is 7.22. The fourth-order valence-electron chi connectivity index (χ4n) is 3.69. The molecule has 2 fully saturated rings. The number of methoxy groups -OCH3 is 1. The van der Waals surface area contributed by atoms with Crippen molar-refractivity contribution in [2.75, 3.05) is 46.4 Å². The lowest BCUT2D eigenvalue weighted by Gasteiger charge is -2.38. The Kier molecular flexibility index (Phi) is 6.88. The standard InChI is InChI=1S/C20H31N3O3/c1-16(20(24)21-14-17-5-3-6-18(13-17)25-2)23-10-8-22(9-11-23)15-19-7-4-12-26-19/h3,5-6,13,16,19H,4,7-12,14-15H2,1-2H3,(H,21,24). The number of nitrogens with one attached hydrogen (secondary N) is 1. The monoisotopic (exact) mass is 361 g/mol. The summed E-state index contributed by atoms with van der Waals surface area (Å²) in [4.78, 5) is 17.2. The normalized spacial score (nSPS) is 22.9. The SMILES string of the molecule is COc1cccc(CNC(=O)C(C)N2CCN(CC3CCCO3)CC2)c1. The van der Waals surface area contributed by atoms with Gasteiger partial charge in [0.2, 0.25) is 5.91 Å². The average Bonchev–Trinajstić information content (AvgIpc) is 3.19. The molecule has 2 aliphatic heterocycles. The highest BCUT2D eigenvalue weighted by Gasteiger charge is 2.27. The van der Waals surface area contributed by atoms with Crippen LogP contribution in [0.15, 0.2) is 24.3 Å². The van der Waals surface area contributed by atoms with E-state index in [-0.39, 0.29) is 11.9 Å². The van der Waals surface area contributed by atoms with E-state index in [2.05, 4.69) is 15.1 Å². The molecule has 3 rings (SSSR count). The maximum Gasteiger partial charge on any atom is 0.237 e. The number of hydrogen-bond acceptors (Lipinski definition) is 5. The lowest BCUT2D eigenvalue weighted by molar-refractivity contribution is -0.126. The van der Waals surface area contributed by atoms with Gasteiger partial charge in [-0.3, -0.25) is 14.6 Å². The number of rotatable bonds is 7. The quantitative estimate of drug-likeness (QED) is 0.798. The van der Waals surface area contributed by atoms with Crippen molar-refractivity contribution in [3.8, 4) is 5.75 Å². The van der Waals surface area contributed by atoms with Gasteiger partial charge in [-0.25, -0.2) is 0 Å². The zero-order chi connectivity index (χ0) is 18.4. The molecule has 2 atom stereocenters. The van der Waals surface area contributed by atoms with Gasteiger partial charge in [-0.15, -0.1) is 0 Å². The number of amides is 1. The van der Waals surface area contributed by atoms with Gasteiger partial charge in [-0.05, 0) is 37.5 Å². The van der Waals surface area contributed by atoms with Crippen molar-refractivity contribution < 1.29 is 14.3 Å². The second-order valence-electron chi connectivity index (χ2n) is 7.22. The number of hydrogen-bond donors (Lipinski definition) is 1. The highest BCUT2D eigenvalue weighted by atomic mass is 16.5. The molecular formula is C20H31N3O3. The molecule has 0 aromatic heterocycles. The molecule has 26 heavy (non-hydrogen) atoms. The first-order valence-corrected chi connectivity index (χ1v) is 9.64. The number of nitrogens with zero attached hydrogens (tertiary/aromatic N) is 2. The Bertz CT molecular complexity index is 581. The summed E-state index contributed by atoms with van der Waals surface area (Å²) in [6.45, 7) is 8.34. The first-order chi connectivity index (χ1) is 12.7. The molecule has 144 valence electrons. The minimum absolute atomic E-state index is 0.0837. The van der Waals surface area contributed by atoms with Crippen LogP contribution in [0.1, 0.15) is 25.3 Å². The molecular weight excluding hydrogens is 330 g/mol. The minimum atomic E-state index is -0.106. The van der Waals surface area contributed by atoms with Gasteiger partial charge in [-0.1, -0.05) is 12.1 Å². The first-order valence-electron chi connectivity index (χ1n) is 9.64. The van der Waals surface area contributed by atoms with Crippen molar-refractivity contribution in [2.24, 2.45) is 0 Å². The van der Waals surface area contributed by atoms with Crippen LogP contribution in [0.25, 0.3) is 0 Å². The van der Waals surface area contributed by atoms with Crippen molar-refractivity contribution in [2.45, 2.75) is 38.5 Å². The first kappa shape index (κ1) is 19.1. The largest absolute Gasteiger partial charge is 0.497 e. The molecule has 6 nitrogen and oxygen atoms in total. The van der Waals surface area contributed by atoms with Gasteiger partial charge < -0.3 is 14.8 Å². The summed E-state index contributed by atoms with van der Waals surface area (Å²) >= 11 is 0. The van der Waals surface area contributed by atoms with Crippen molar-refractivity contribution in [3.05, 3.63) is 29.8 Å². The van der Waals surface area contributed by atoms with Crippen LogP contribution < -0.4 is 10.1 Å². The summed E-state index contributed by atoms with van der Waals surface area (Å²) in [6, 6.07) is 7.69. The van der Waals surface area contributed by atoms with Crippen LogP contribution in [0, 0.1) is 0 Å². The summed E-state index contributed by atoms with van der Waals surface area (Å²) in [5.74, 6) is 0.896. The molecule has 0 saturated carbocycles. The molecule has 1 aromatic carbocycles. The van der Waals surface area contributed by atoms with Gasteiger partial charge in [-0.2, -0.15) is 0 Å². The maximum absolute atomic E-state index is 12.5. The Balaban J connectivity index is 1.40. The Labute approximate surface area is 156 Å². The molecule has 2 saturated heterocycles. The molecule has 1 N–H and O–H groups in total. The summed E-state index contributed by atoms with van der Waals surface area (Å²) in [5.41, 5.74) is 1.05. The predicted octanol–water partition coefficient (Wildman–Crippen LogP) is 1.50. The molecule has 0 bridgehead atoms. The van der Waals surface area contributed by atoms with E-state index in [0.717, 1.165) is 50.6 Å². The molecule has 2 unspecified atom stereocenters. The lowest BCUT2D eigenvalue weighted by atomic mass is 10.1. The van der Waals surface area contributed by atoms with Gasteiger partial charge in [0, 0.05) is 45.9 Å². The topological polar surface area (TPSA) is 54.0 Å². The van der Waals surface area contributed by atoms with Crippen LogP contribution in [-0.4, -0.2) is 74.3 Å². The number of benzene rings is 1. The van der Waals surface area contributed by atoms with E-state index in [1.807, 2.05) is 31.2 Å². The van der Waals surface area contributed by atoms with Gasteiger partial charge in [0.05, 0.1) is 19.3 Å². The maximum atomic E-state index is 12.5. The van der Waals surface area contributed by atoms with E-state index < -0.39 is 0 Å². The van der Waals surface area contributed by atoms with Crippen molar-refractivity contribution >= 4 is 5.91 Å². The van der Waals surface area contributed by atoms with Crippen LogP contribution in [0.4, 0.5) is 0 Å². The van der Waals surface area contributed by atoms with Gasteiger partial charge >= 0.3 is 0 Å².